The van der Waals surface area contributed by atoms with Crippen LogP contribution in [0.4, 0.5) is 0 Å². The molecule has 3 aromatic rings. The number of aliphatic imine (C=N–C) groups is 1. The van der Waals surface area contributed by atoms with Crippen molar-refractivity contribution < 1.29 is 4.79 Å². The Balaban J connectivity index is 1.91. The number of carbonyl (C=O) groups is 1. The van der Waals surface area contributed by atoms with Gasteiger partial charge in [-0.3, -0.25) is 14.7 Å². The number of pyridine rings is 1. The highest BCUT2D eigenvalue weighted by Crippen LogP contribution is 2.40. The molecule has 0 saturated heterocycles. The van der Waals surface area contributed by atoms with Crippen molar-refractivity contribution in [3.63, 3.8) is 0 Å². The van der Waals surface area contributed by atoms with Gasteiger partial charge in [0.1, 0.15) is 0 Å². The Morgan fingerprint density at radius 1 is 0.964 bits per heavy atom. The number of nitrogens with two attached hydrogens (primary N) is 1. The summed E-state index contributed by atoms with van der Waals surface area (Å²) in [6.07, 6.45) is 2.57. The van der Waals surface area contributed by atoms with E-state index in [1.807, 2.05) is 73.7 Å². The van der Waals surface area contributed by atoms with Gasteiger partial charge >= 0.3 is 0 Å². The number of guanidine groups is 1. The molecule has 0 saturated carbocycles. The molecule has 2 aromatic carbocycles. The number of rotatable bonds is 4. The maximum Gasteiger partial charge on any atom is 0.266 e. The van der Waals surface area contributed by atoms with Gasteiger partial charge in [-0.15, -0.1) is 0 Å². The number of amides is 1. The van der Waals surface area contributed by atoms with Crippen LogP contribution in [0.15, 0.2) is 77.9 Å². The lowest BCUT2D eigenvalue weighted by Crippen LogP contribution is -2.41. The number of aryl methyl sites for hydroxylation is 1. The molecule has 1 aromatic heterocycles. The van der Waals surface area contributed by atoms with E-state index < -0.39 is 5.54 Å². The first kappa shape index (κ1) is 17.9. The van der Waals surface area contributed by atoms with E-state index >= 15 is 0 Å². The van der Waals surface area contributed by atoms with Crippen LogP contribution in [0.3, 0.4) is 0 Å². The minimum absolute atomic E-state index is 0.179. The number of carbonyl (C=O) groups excluding carboxylic acids is 1. The first-order valence-corrected chi connectivity index (χ1v) is 9.31. The molecule has 1 aliphatic heterocycles. The summed E-state index contributed by atoms with van der Waals surface area (Å²) in [6, 6.07) is 21.8. The molecule has 0 radical (unpaired) electrons. The van der Waals surface area contributed by atoms with Crippen LogP contribution in [0, 0.1) is 0 Å². The van der Waals surface area contributed by atoms with Crippen LogP contribution in [0.1, 0.15) is 23.7 Å². The summed E-state index contributed by atoms with van der Waals surface area (Å²) in [6.45, 7) is 2.05. The zero-order chi connectivity index (χ0) is 19.7. The Kier molecular flexibility index (Phi) is 4.43. The number of likely N-dealkylation sites (N-methyl/N-ethyl adjacent to an activating group) is 1. The lowest BCUT2D eigenvalue weighted by molar-refractivity contribution is -0.129. The standard InChI is InChI=1S/C23H22N4O/c1-3-20-13-12-19(15-25-20)23(21(28)27(2)22(24)26-23)18-11-7-10-17(14-18)16-8-5-4-6-9-16/h4-15H,3H2,1-2H3,(H2,24,26). The molecule has 0 fully saturated rings. The first-order valence-electron chi connectivity index (χ1n) is 9.31. The summed E-state index contributed by atoms with van der Waals surface area (Å²) in [5, 5.41) is 0. The van der Waals surface area contributed by atoms with E-state index in [4.69, 9.17) is 5.73 Å². The van der Waals surface area contributed by atoms with Crippen molar-refractivity contribution in [2.45, 2.75) is 18.9 Å². The third-order valence-corrected chi connectivity index (χ3v) is 5.23. The van der Waals surface area contributed by atoms with Crippen LogP contribution in [0.25, 0.3) is 11.1 Å². The molecule has 1 unspecified atom stereocenters. The van der Waals surface area contributed by atoms with E-state index in [0.29, 0.717) is 5.56 Å². The molecule has 5 nitrogen and oxygen atoms in total. The average molecular weight is 370 g/mol. The molecule has 0 bridgehead atoms. The van der Waals surface area contributed by atoms with Gasteiger partial charge in [-0.05, 0) is 35.2 Å². The van der Waals surface area contributed by atoms with E-state index in [2.05, 4.69) is 9.98 Å². The van der Waals surface area contributed by atoms with Gasteiger partial charge in [0.15, 0.2) is 11.5 Å². The van der Waals surface area contributed by atoms with Gasteiger partial charge in [-0.1, -0.05) is 61.5 Å². The van der Waals surface area contributed by atoms with Crippen LogP contribution in [-0.4, -0.2) is 28.8 Å². The number of nitrogens with zero attached hydrogens (tertiary/aromatic N) is 3. The molecule has 0 spiro atoms. The maximum absolute atomic E-state index is 13.3. The molecule has 1 aliphatic rings. The Morgan fingerprint density at radius 2 is 1.71 bits per heavy atom. The minimum atomic E-state index is -1.22. The molecule has 0 aliphatic carbocycles. The Bertz CT molecular complexity index is 1040. The van der Waals surface area contributed by atoms with Crippen molar-refractivity contribution in [3.05, 3.63) is 89.7 Å². The van der Waals surface area contributed by atoms with E-state index in [0.717, 1.165) is 28.8 Å². The van der Waals surface area contributed by atoms with Crippen molar-refractivity contribution in [1.82, 2.24) is 9.88 Å². The highest BCUT2D eigenvalue weighted by molar-refractivity contribution is 6.09. The Morgan fingerprint density at radius 3 is 2.32 bits per heavy atom. The van der Waals surface area contributed by atoms with Gasteiger partial charge in [-0.25, -0.2) is 4.99 Å². The van der Waals surface area contributed by atoms with Gasteiger partial charge in [0, 0.05) is 24.5 Å². The Hall–Kier alpha value is -3.47. The lowest BCUT2D eigenvalue weighted by atomic mass is 9.82. The van der Waals surface area contributed by atoms with E-state index in [1.54, 1.807) is 13.2 Å². The SMILES string of the molecule is CCc1ccc(C2(c3cccc(-c4ccccc4)c3)N=C(N)N(C)C2=O)cn1. The molecule has 140 valence electrons. The number of aromatic nitrogens is 1. The van der Waals surface area contributed by atoms with E-state index in [-0.39, 0.29) is 11.9 Å². The highest BCUT2D eigenvalue weighted by Gasteiger charge is 2.49. The van der Waals surface area contributed by atoms with Gasteiger partial charge in [0.25, 0.3) is 5.91 Å². The lowest BCUT2D eigenvalue weighted by Gasteiger charge is -2.26. The summed E-state index contributed by atoms with van der Waals surface area (Å²) in [7, 11) is 1.65. The van der Waals surface area contributed by atoms with Crippen molar-refractivity contribution in [1.29, 1.82) is 0 Å². The third kappa shape index (κ3) is 2.76. The van der Waals surface area contributed by atoms with Crippen molar-refractivity contribution >= 4 is 11.9 Å². The zero-order valence-electron chi connectivity index (χ0n) is 16.0. The molecule has 1 atom stereocenters. The fourth-order valence-corrected chi connectivity index (χ4v) is 3.59. The largest absolute Gasteiger partial charge is 0.369 e. The second kappa shape index (κ2) is 6.93. The molecular weight excluding hydrogens is 348 g/mol. The topological polar surface area (TPSA) is 71.6 Å². The molecule has 4 rings (SSSR count). The Labute approximate surface area is 164 Å². The molecule has 28 heavy (non-hydrogen) atoms. The maximum atomic E-state index is 13.3. The number of hydrogen-bond donors (Lipinski definition) is 1. The fourth-order valence-electron chi connectivity index (χ4n) is 3.59. The fraction of sp³-hybridized carbons (Fsp3) is 0.174. The summed E-state index contributed by atoms with van der Waals surface area (Å²) in [5.41, 5.74) is 9.39. The second-order valence-corrected chi connectivity index (χ2v) is 6.88. The molecule has 2 N–H and O–H groups in total. The highest BCUT2D eigenvalue weighted by atomic mass is 16.2. The zero-order valence-corrected chi connectivity index (χ0v) is 16.0. The van der Waals surface area contributed by atoms with Gasteiger partial charge in [0.05, 0.1) is 0 Å². The molecule has 1 amide bonds. The van der Waals surface area contributed by atoms with Crippen LogP contribution >= 0.6 is 0 Å². The predicted molar refractivity (Wildman–Crippen MR) is 111 cm³/mol. The molecule has 2 heterocycles. The van der Waals surface area contributed by atoms with Gasteiger partial charge < -0.3 is 5.73 Å². The van der Waals surface area contributed by atoms with Gasteiger partial charge in [-0.2, -0.15) is 0 Å². The smallest absolute Gasteiger partial charge is 0.266 e. The monoisotopic (exact) mass is 370 g/mol. The summed E-state index contributed by atoms with van der Waals surface area (Å²) in [5.74, 6) is 0.0240. The van der Waals surface area contributed by atoms with E-state index in [9.17, 15) is 4.79 Å². The van der Waals surface area contributed by atoms with Crippen LogP contribution in [0.5, 0.6) is 0 Å². The van der Waals surface area contributed by atoms with Crippen LogP contribution < -0.4 is 5.73 Å². The van der Waals surface area contributed by atoms with Crippen molar-refractivity contribution in [2.75, 3.05) is 7.05 Å². The second-order valence-electron chi connectivity index (χ2n) is 6.88. The normalized spacial score (nSPS) is 19.0. The third-order valence-electron chi connectivity index (χ3n) is 5.23. The molecule has 5 heteroatoms. The number of hydrogen-bond acceptors (Lipinski definition) is 4. The summed E-state index contributed by atoms with van der Waals surface area (Å²) >= 11 is 0. The van der Waals surface area contributed by atoms with Crippen molar-refractivity contribution in [3.8, 4) is 11.1 Å². The van der Waals surface area contributed by atoms with Crippen LogP contribution in [-0.2, 0) is 16.8 Å². The minimum Gasteiger partial charge on any atom is -0.369 e. The van der Waals surface area contributed by atoms with Gasteiger partial charge in [0.2, 0.25) is 0 Å². The first-order chi connectivity index (χ1) is 13.6. The van der Waals surface area contributed by atoms with Crippen molar-refractivity contribution in [2.24, 2.45) is 10.7 Å². The average Bonchev–Trinajstić information content (AvgIpc) is 2.99. The number of benzene rings is 2. The summed E-state index contributed by atoms with van der Waals surface area (Å²) < 4.78 is 0. The predicted octanol–water partition coefficient (Wildman–Crippen LogP) is 3.34. The van der Waals surface area contributed by atoms with E-state index in [1.165, 1.54) is 4.90 Å². The van der Waals surface area contributed by atoms with Crippen LogP contribution in [0.2, 0.25) is 0 Å². The summed E-state index contributed by atoms with van der Waals surface area (Å²) in [4.78, 5) is 23.9. The molecular formula is C23H22N4O. The quantitative estimate of drug-likeness (QED) is 0.766.